The lowest BCUT2D eigenvalue weighted by Gasteiger charge is -2.00. The Bertz CT molecular complexity index is 864. The van der Waals surface area contributed by atoms with Crippen LogP contribution in [0.5, 0.6) is 0 Å². The number of nitrogens with zero attached hydrogens (tertiary/aromatic N) is 2. The standard InChI is InChI=1S/C16H10BrCl2N3S/c17-11-3-1-2-10(6-11)8-20-22-16-21-15(9-23-16)13-5-4-12(18)7-14(13)19/h1-9H,(H,21,22). The Kier molecular flexibility index (Phi) is 5.33. The molecule has 1 aromatic heterocycles. The molecular weight excluding hydrogens is 417 g/mol. The monoisotopic (exact) mass is 425 g/mol. The molecule has 0 bridgehead atoms. The van der Waals surface area contributed by atoms with Crippen molar-refractivity contribution in [2.75, 3.05) is 5.43 Å². The van der Waals surface area contributed by atoms with E-state index >= 15 is 0 Å². The smallest absolute Gasteiger partial charge is 0.203 e. The fourth-order valence-corrected chi connectivity index (χ4v) is 3.48. The van der Waals surface area contributed by atoms with Crippen LogP contribution < -0.4 is 5.43 Å². The Morgan fingerprint density at radius 1 is 1.17 bits per heavy atom. The molecule has 0 aliphatic rings. The van der Waals surface area contributed by atoms with Crippen LogP contribution >= 0.6 is 50.5 Å². The molecule has 3 nitrogen and oxygen atoms in total. The summed E-state index contributed by atoms with van der Waals surface area (Å²) < 4.78 is 1.01. The van der Waals surface area contributed by atoms with E-state index in [-0.39, 0.29) is 0 Å². The molecule has 1 N–H and O–H groups in total. The minimum Gasteiger partial charge on any atom is -0.253 e. The number of anilines is 1. The van der Waals surface area contributed by atoms with E-state index in [1.807, 2.05) is 35.7 Å². The number of hydrogen-bond donors (Lipinski definition) is 1. The van der Waals surface area contributed by atoms with Crippen molar-refractivity contribution in [3.63, 3.8) is 0 Å². The van der Waals surface area contributed by atoms with Gasteiger partial charge in [-0.3, -0.25) is 5.43 Å². The number of hydrazone groups is 1. The summed E-state index contributed by atoms with van der Waals surface area (Å²) in [6.45, 7) is 0. The van der Waals surface area contributed by atoms with Crippen LogP contribution in [-0.4, -0.2) is 11.2 Å². The molecule has 116 valence electrons. The van der Waals surface area contributed by atoms with Crippen LogP contribution in [0.4, 0.5) is 5.13 Å². The molecule has 3 aromatic rings. The number of benzene rings is 2. The van der Waals surface area contributed by atoms with Gasteiger partial charge in [-0.05, 0) is 35.9 Å². The zero-order chi connectivity index (χ0) is 16.2. The topological polar surface area (TPSA) is 37.3 Å². The molecule has 0 fully saturated rings. The Labute approximate surface area is 156 Å². The lowest BCUT2D eigenvalue weighted by atomic mass is 10.2. The van der Waals surface area contributed by atoms with Crippen molar-refractivity contribution in [2.45, 2.75) is 0 Å². The summed E-state index contributed by atoms with van der Waals surface area (Å²) in [4.78, 5) is 4.48. The average Bonchev–Trinajstić information content (AvgIpc) is 2.96. The van der Waals surface area contributed by atoms with Crippen molar-refractivity contribution in [2.24, 2.45) is 5.10 Å². The van der Waals surface area contributed by atoms with Crippen LogP contribution in [-0.2, 0) is 0 Å². The van der Waals surface area contributed by atoms with Crippen LogP contribution in [0.1, 0.15) is 5.56 Å². The molecule has 0 aliphatic carbocycles. The Morgan fingerprint density at radius 2 is 2.04 bits per heavy atom. The van der Waals surface area contributed by atoms with Crippen molar-refractivity contribution >= 4 is 61.8 Å². The SMILES string of the molecule is Clc1ccc(-c2csc(NN=Cc3cccc(Br)c3)n2)c(Cl)c1. The van der Waals surface area contributed by atoms with Gasteiger partial charge in [-0.15, -0.1) is 11.3 Å². The summed E-state index contributed by atoms with van der Waals surface area (Å²) in [6.07, 6.45) is 1.74. The molecule has 3 rings (SSSR count). The third-order valence-corrected chi connectivity index (χ3v) is 4.72. The van der Waals surface area contributed by atoms with Crippen molar-refractivity contribution in [3.8, 4) is 11.3 Å². The first-order chi connectivity index (χ1) is 11.1. The van der Waals surface area contributed by atoms with Crippen molar-refractivity contribution in [1.29, 1.82) is 0 Å². The van der Waals surface area contributed by atoms with Gasteiger partial charge in [-0.1, -0.05) is 51.3 Å². The molecule has 0 radical (unpaired) electrons. The maximum Gasteiger partial charge on any atom is 0.203 e. The van der Waals surface area contributed by atoms with Gasteiger partial charge >= 0.3 is 0 Å². The predicted octanol–water partition coefficient (Wildman–Crippen LogP) is 6.33. The fourth-order valence-electron chi connectivity index (χ4n) is 1.89. The highest BCUT2D eigenvalue weighted by Gasteiger charge is 2.08. The number of thiazole rings is 1. The summed E-state index contributed by atoms with van der Waals surface area (Å²) in [6, 6.07) is 13.2. The average molecular weight is 427 g/mol. The normalized spacial score (nSPS) is 11.1. The molecule has 0 aliphatic heterocycles. The second kappa shape index (κ2) is 7.45. The predicted molar refractivity (Wildman–Crippen MR) is 103 cm³/mol. The van der Waals surface area contributed by atoms with E-state index in [1.165, 1.54) is 11.3 Å². The summed E-state index contributed by atoms with van der Waals surface area (Å²) in [5.41, 5.74) is 5.55. The summed E-state index contributed by atoms with van der Waals surface area (Å²) in [5.74, 6) is 0. The molecule has 2 aromatic carbocycles. The Hall–Kier alpha value is -1.40. The number of nitrogens with one attached hydrogen (secondary N) is 1. The molecule has 23 heavy (non-hydrogen) atoms. The van der Waals surface area contributed by atoms with E-state index in [0.29, 0.717) is 15.2 Å². The highest BCUT2D eigenvalue weighted by atomic mass is 79.9. The Balaban J connectivity index is 1.72. The van der Waals surface area contributed by atoms with Crippen molar-refractivity contribution < 1.29 is 0 Å². The van der Waals surface area contributed by atoms with E-state index in [9.17, 15) is 0 Å². The molecule has 7 heteroatoms. The minimum atomic E-state index is 0.576. The van der Waals surface area contributed by atoms with E-state index < -0.39 is 0 Å². The molecule has 0 saturated heterocycles. The molecule has 0 amide bonds. The molecule has 0 atom stereocenters. The zero-order valence-electron chi connectivity index (χ0n) is 11.6. The number of aromatic nitrogens is 1. The van der Waals surface area contributed by atoms with Gasteiger partial charge < -0.3 is 0 Å². The second-order valence-corrected chi connectivity index (χ2v) is 7.20. The first-order valence-corrected chi connectivity index (χ1v) is 9.00. The zero-order valence-corrected chi connectivity index (χ0v) is 15.5. The fraction of sp³-hybridized carbons (Fsp3) is 0. The molecule has 1 heterocycles. The second-order valence-electron chi connectivity index (χ2n) is 4.59. The molecular formula is C16H10BrCl2N3S. The van der Waals surface area contributed by atoms with Crippen LogP contribution in [0.2, 0.25) is 10.0 Å². The third kappa shape index (κ3) is 4.32. The highest BCUT2D eigenvalue weighted by Crippen LogP contribution is 2.32. The Morgan fingerprint density at radius 3 is 2.83 bits per heavy atom. The minimum absolute atomic E-state index is 0.576. The lowest BCUT2D eigenvalue weighted by Crippen LogP contribution is -1.90. The van der Waals surface area contributed by atoms with Crippen LogP contribution in [0.15, 0.2) is 57.4 Å². The van der Waals surface area contributed by atoms with Gasteiger partial charge in [-0.25, -0.2) is 4.98 Å². The lowest BCUT2D eigenvalue weighted by molar-refractivity contribution is 1.29. The van der Waals surface area contributed by atoms with Gasteiger partial charge in [0.2, 0.25) is 5.13 Å². The van der Waals surface area contributed by atoms with Gasteiger partial charge in [-0.2, -0.15) is 5.10 Å². The van der Waals surface area contributed by atoms with Gasteiger partial charge in [0.1, 0.15) is 0 Å². The highest BCUT2D eigenvalue weighted by molar-refractivity contribution is 9.10. The van der Waals surface area contributed by atoms with Gasteiger partial charge in [0.15, 0.2) is 0 Å². The van der Waals surface area contributed by atoms with E-state index in [1.54, 1.807) is 18.3 Å². The first kappa shape index (κ1) is 16.5. The summed E-state index contributed by atoms with van der Waals surface area (Å²) in [7, 11) is 0. The van der Waals surface area contributed by atoms with Gasteiger partial charge in [0.25, 0.3) is 0 Å². The van der Waals surface area contributed by atoms with Crippen LogP contribution in [0.3, 0.4) is 0 Å². The van der Waals surface area contributed by atoms with E-state index in [4.69, 9.17) is 23.2 Å². The number of hydrogen-bond acceptors (Lipinski definition) is 4. The summed E-state index contributed by atoms with van der Waals surface area (Å²) in [5, 5.41) is 7.99. The number of halogens is 3. The van der Waals surface area contributed by atoms with Crippen molar-refractivity contribution in [1.82, 2.24) is 4.98 Å². The summed E-state index contributed by atoms with van der Waals surface area (Å²) >= 11 is 17.0. The maximum atomic E-state index is 6.20. The number of rotatable bonds is 4. The third-order valence-electron chi connectivity index (χ3n) is 2.93. The largest absolute Gasteiger partial charge is 0.253 e. The maximum absolute atomic E-state index is 6.20. The van der Waals surface area contributed by atoms with E-state index in [0.717, 1.165) is 21.3 Å². The molecule has 0 spiro atoms. The van der Waals surface area contributed by atoms with Gasteiger partial charge in [0.05, 0.1) is 16.9 Å². The molecule has 0 saturated carbocycles. The van der Waals surface area contributed by atoms with Crippen LogP contribution in [0.25, 0.3) is 11.3 Å². The molecule has 0 unspecified atom stereocenters. The van der Waals surface area contributed by atoms with Gasteiger partial charge in [0, 0.05) is 20.4 Å². The van der Waals surface area contributed by atoms with Crippen LogP contribution in [0, 0.1) is 0 Å². The first-order valence-electron chi connectivity index (χ1n) is 6.57. The van der Waals surface area contributed by atoms with Crippen molar-refractivity contribution in [3.05, 3.63) is 67.9 Å². The quantitative estimate of drug-likeness (QED) is 0.391. The van der Waals surface area contributed by atoms with E-state index in [2.05, 4.69) is 31.4 Å².